The number of carbonyl (C=O) groups is 2. The van der Waals surface area contributed by atoms with Crippen LogP contribution in [0, 0.1) is 0 Å². The van der Waals surface area contributed by atoms with E-state index in [2.05, 4.69) is 5.32 Å². The number of quaternary nitrogens is 1. The Morgan fingerprint density at radius 2 is 1.92 bits per heavy atom. The number of nitrogens with zero attached hydrogens (tertiary/aromatic N) is 1. The fourth-order valence-electron chi connectivity index (χ4n) is 2.93. The second kappa shape index (κ2) is 10.1. The van der Waals surface area contributed by atoms with Crippen LogP contribution in [0.5, 0.6) is 5.75 Å². The first kappa shape index (κ1) is 20.2. The standard InChI is InChI=1S/C19H28N2O5/c1-3-25-19(24)21-10-8-16(9-11-21)20-12-17(23)13-26-18-6-4-15(5-7-18)14(2)22/h4-7,16-17,20,23H,3,8-13H2,1-2H3/p+1/t17-/m0/s1. The average molecular weight is 365 g/mol. The Hall–Kier alpha value is -2.12. The number of piperidine rings is 1. The van der Waals surface area contributed by atoms with Gasteiger partial charge in [0.15, 0.2) is 5.78 Å². The Bertz CT molecular complexity index is 582. The molecule has 1 atom stereocenters. The van der Waals surface area contributed by atoms with Crippen LogP contribution in [0.15, 0.2) is 24.3 Å². The lowest BCUT2D eigenvalue weighted by atomic mass is 10.1. The van der Waals surface area contributed by atoms with Gasteiger partial charge in [0.1, 0.15) is 25.0 Å². The molecule has 0 aromatic heterocycles. The molecule has 1 heterocycles. The van der Waals surface area contributed by atoms with Gasteiger partial charge in [-0.3, -0.25) is 4.79 Å². The maximum atomic E-state index is 11.7. The van der Waals surface area contributed by atoms with Crippen LogP contribution in [-0.2, 0) is 4.74 Å². The smallest absolute Gasteiger partial charge is 0.409 e. The molecule has 3 N–H and O–H groups in total. The fourth-order valence-corrected chi connectivity index (χ4v) is 2.93. The largest absolute Gasteiger partial charge is 0.491 e. The van der Waals surface area contributed by atoms with E-state index in [1.54, 1.807) is 36.1 Å². The Labute approximate surface area is 154 Å². The van der Waals surface area contributed by atoms with Gasteiger partial charge in [0.2, 0.25) is 0 Å². The molecule has 2 rings (SSSR count). The molecule has 1 aromatic carbocycles. The molecule has 0 unspecified atom stereocenters. The summed E-state index contributed by atoms with van der Waals surface area (Å²) in [6.45, 7) is 5.86. The van der Waals surface area contributed by atoms with Crippen molar-refractivity contribution in [2.24, 2.45) is 0 Å². The Morgan fingerprint density at radius 1 is 1.27 bits per heavy atom. The zero-order valence-electron chi connectivity index (χ0n) is 15.5. The Kier molecular flexibility index (Phi) is 7.87. The number of aliphatic hydroxyl groups is 1. The molecule has 1 aliphatic rings. The quantitative estimate of drug-likeness (QED) is 0.665. The molecule has 144 valence electrons. The molecule has 0 radical (unpaired) electrons. The summed E-state index contributed by atoms with van der Waals surface area (Å²) in [6, 6.07) is 7.29. The van der Waals surface area contributed by atoms with Crippen LogP contribution in [0.4, 0.5) is 4.79 Å². The molecule has 0 saturated carbocycles. The van der Waals surface area contributed by atoms with Crippen molar-refractivity contribution in [2.45, 2.75) is 38.8 Å². The normalized spacial score (nSPS) is 16.2. The third kappa shape index (κ3) is 6.31. The third-order valence-electron chi connectivity index (χ3n) is 4.51. The molecule has 7 nitrogen and oxygen atoms in total. The minimum atomic E-state index is -0.578. The van der Waals surface area contributed by atoms with E-state index in [1.165, 1.54) is 6.92 Å². The molecule has 1 aromatic rings. The molecule has 1 aliphatic heterocycles. The number of rotatable bonds is 8. The lowest BCUT2D eigenvalue weighted by molar-refractivity contribution is -0.697. The van der Waals surface area contributed by atoms with Gasteiger partial charge in [-0.05, 0) is 38.1 Å². The summed E-state index contributed by atoms with van der Waals surface area (Å²) in [6.07, 6.45) is 0.957. The van der Waals surface area contributed by atoms with Crippen molar-refractivity contribution >= 4 is 11.9 Å². The molecule has 7 heteroatoms. The number of carbonyl (C=O) groups excluding carboxylic acids is 2. The van der Waals surface area contributed by atoms with Crippen LogP contribution in [0.1, 0.15) is 37.0 Å². The highest BCUT2D eigenvalue weighted by Crippen LogP contribution is 2.13. The highest BCUT2D eigenvalue weighted by atomic mass is 16.6. The SMILES string of the molecule is CCOC(=O)N1CCC([NH2+]C[C@H](O)COc2ccc(C(C)=O)cc2)CC1. The lowest BCUT2D eigenvalue weighted by Crippen LogP contribution is -2.92. The molecule has 1 fully saturated rings. The third-order valence-corrected chi connectivity index (χ3v) is 4.51. The maximum absolute atomic E-state index is 11.7. The highest BCUT2D eigenvalue weighted by Gasteiger charge is 2.25. The van der Waals surface area contributed by atoms with Crippen molar-refractivity contribution in [2.75, 3.05) is 32.8 Å². The number of Topliss-reactive ketones (excluding diaryl/α,β-unsaturated/α-hetero) is 1. The van der Waals surface area contributed by atoms with E-state index in [4.69, 9.17) is 9.47 Å². The van der Waals surface area contributed by atoms with Gasteiger partial charge in [-0.1, -0.05) is 0 Å². The molecular weight excluding hydrogens is 336 g/mol. The first-order valence-electron chi connectivity index (χ1n) is 9.16. The predicted octanol–water partition coefficient (Wildman–Crippen LogP) is 0.813. The average Bonchev–Trinajstić information content (AvgIpc) is 2.65. The van der Waals surface area contributed by atoms with Crippen LogP contribution in [-0.4, -0.2) is 66.9 Å². The van der Waals surface area contributed by atoms with Crippen LogP contribution >= 0.6 is 0 Å². The van der Waals surface area contributed by atoms with Crippen molar-refractivity contribution in [3.05, 3.63) is 29.8 Å². The van der Waals surface area contributed by atoms with Crippen LogP contribution < -0.4 is 10.1 Å². The number of benzene rings is 1. The van der Waals surface area contributed by atoms with Gasteiger partial charge in [-0.2, -0.15) is 0 Å². The Morgan fingerprint density at radius 3 is 2.50 bits per heavy atom. The summed E-state index contributed by atoms with van der Waals surface area (Å²) in [4.78, 5) is 24.6. The number of hydrogen-bond acceptors (Lipinski definition) is 5. The summed E-state index contributed by atoms with van der Waals surface area (Å²) in [5.41, 5.74) is 0.639. The first-order chi connectivity index (χ1) is 12.5. The van der Waals surface area contributed by atoms with Gasteiger partial charge in [0.05, 0.1) is 12.6 Å². The van der Waals surface area contributed by atoms with E-state index < -0.39 is 6.10 Å². The van der Waals surface area contributed by atoms with E-state index in [-0.39, 0.29) is 18.5 Å². The van der Waals surface area contributed by atoms with E-state index in [9.17, 15) is 14.7 Å². The second-order valence-corrected chi connectivity index (χ2v) is 6.54. The lowest BCUT2D eigenvalue weighted by Gasteiger charge is -2.30. The van der Waals surface area contributed by atoms with Crippen molar-refractivity contribution in [3.8, 4) is 5.75 Å². The van der Waals surface area contributed by atoms with E-state index in [0.717, 1.165) is 12.8 Å². The van der Waals surface area contributed by atoms with Crippen molar-refractivity contribution in [1.82, 2.24) is 4.90 Å². The minimum Gasteiger partial charge on any atom is -0.491 e. The molecule has 26 heavy (non-hydrogen) atoms. The van der Waals surface area contributed by atoms with Gasteiger partial charge in [0, 0.05) is 31.5 Å². The number of aliphatic hydroxyl groups excluding tert-OH is 1. The predicted molar refractivity (Wildman–Crippen MR) is 96.4 cm³/mol. The number of amides is 1. The van der Waals surface area contributed by atoms with Crippen LogP contribution in [0.3, 0.4) is 0 Å². The molecule has 1 saturated heterocycles. The minimum absolute atomic E-state index is 0.0141. The summed E-state index contributed by atoms with van der Waals surface area (Å²) in [5, 5.41) is 12.2. The topological polar surface area (TPSA) is 92.7 Å². The van der Waals surface area contributed by atoms with E-state index in [1.807, 2.05) is 0 Å². The van der Waals surface area contributed by atoms with Gasteiger partial charge in [-0.15, -0.1) is 0 Å². The number of hydrogen-bond donors (Lipinski definition) is 2. The molecule has 0 bridgehead atoms. The van der Waals surface area contributed by atoms with E-state index in [0.29, 0.717) is 43.6 Å². The first-order valence-corrected chi connectivity index (χ1v) is 9.16. The maximum Gasteiger partial charge on any atom is 0.409 e. The van der Waals surface area contributed by atoms with Crippen molar-refractivity contribution in [1.29, 1.82) is 0 Å². The van der Waals surface area contributed by atoms with E-state index >= 15 is 0 Å². The fraction of sp³-hybridized carbons (Fsp3) is 0.579. The number of nitrogens with two attached hydrogens (primary N) is 1. The summed E-state index contributed by atoms with van der Waals surface area (Å²) >= 11 is 0. The molecule has 1 amide bonds. The number of likely N-dealkylation sites (tertiary alicyclic amines) is 1. The van der Waals surface area contributed by atoms with Gasteiger partial charge in [-0.25, -0.2) is 4.79 Å². The zero-order chi connectivity index (χ0) is 18.9. The number of ketones is 1. The van der Waals surface area contributed by atoms with Gasteiger partial charge < -0.3 is 24.8 Å². The number of ether oxygens (including phenoxy) is 2. The summed E-state index contributed by atoms with van der Waals surface area (Å²) in [7, 11) is 0. The summed E-state index contributed by atoms with van der Waals surface area (Å²) < 4.78 is 10.6. The molecule has 0 spiro atoms. The highest BCUT2D eigenvalue weighted by molar-refractivity contribution is 5.94. The Balaban J connectivity index is 1.64. The molecular formula is C19H29N2O5+. The van der Waals surface area contributed by atoms with Crippen molar-refractivity contribution < 1.29 is 29.5 Å². The summed E-state index contributed by atoms with van der Waals surface area (Å²) in [5.74, 6) is 0.650. The monoisotopic (exact) mass is 365 g/mol. The zero-order valence-corrected chi connectivity index (χ0v) is 15.5. The molecule has 0 aliphatic carbocycles. The van der Waals surface area contributed by atoms with Gasteiger partial charge >= 0.3 is 6.09 Å². The van der Waals surface area contributed by atoms with Crippen LogP contribution in [0.25, 0.3) is 0 Å². The van der Waals surface area contributed by atoms with Gasteiger partial charge in [0.25, 0.3) is 0 Å². The van der Waals surface area contributed by atoms with Crippen molar-refractivity contribution in [3.63, 3.8) is 0 Å². The van der Waals surface area contributed by atoms with Crippen LogP contribution in [0.2, 0.25) is 0 Å². The second-order valence-electron chi connectivity index (χ2n) is 6.54.